The van der Waals surface area contributed by atoms with Crippen LogP contribution >= 0.6 is 11.6 Å². The van der Waals surface area contributed by atoms with Crippen molar-refractivity contribution in [3.05, 3.63) is 70.9 Å². The van der Waals surface area contributed by atoms with Gasteiger partial charge in [0, 0.05) is 17.0 Å². The first-order valence-electron chi connectivity index (χ1n) is 8.26. The number of benzene rings is 2. The number of hydrogen-bond acceptors (Lipinski definition) is 4. The molecular formula is C19H15ClN4O3. The minimum atomic E-state index is -0.722. The van der Waals surface area contributed by atoms with Gasteiger partial charge in [0.1, 0.15) is 11.4 Å². The lowest BCUT2D eigenvalue weighted by Crippen LogP contribution is -2.47. The number of halogens is 1. The van der Waals surface area contributed by atoms with Crippen molar-refractivity contribution in [2.75, 3.05) is 0 Å². The monoisotopic (exact) mass is 382 g/mol. The first-order chi connectivity index (χ1) is 13.1. The van der Waals surface area contributed by atoms with Crippen LogP contribution in [-0.4, -0.2) is 28.1 Å². The Hall–Kier alpha value is -3.32. The van der Waals surface area contributed by atoms with E-state index in [0.717, 1.165) is 11.1 Å². The van der Waals surface area contributed by atoms with Gasteiger partial charge in [0.25, 0.3) is 11.8 Å². The molecule has 136 valence electrons. The van der Waals surface area contributed by atoms with Crippen molar-refractivity contribution in [2.24, 2.45) is 0 Å². The Kier molecular flexibility index (Phi) is 4.52. The molecule has 0 saturated carbocycles. The van der Waals surface area contributed by atoms with Crippen molar-refractivity contribution in [1.82, 2.24) is 21.0 Å². The van der Waals surface area contributed by atoms with Crippen LogP contribution < -0.4 is 15.6 Å². The molecule has 3 aromatic rings. The Bertz CT molecular complexity index is 1000. The highest BCUT2D eigenvalue weighted by Crippen LogP contribution is 2.31. The molecule has 0 radical (unpaired) electrons. The molecule has 1 aliphatic heterocycles. The molecule has 1 aliphatic rings. The smallest absolute Gasteiger partial charge is 0.287 e. The van der Waals surface area contributed by atoms with Gasteiger partial charge in [-0.2, -0.15) is 5.10 Å². The molecule has 2 heterocycles. The fourth-order valence-corrected chi connectivity index (χ4v) is 3.02. The third-order valence-corrected chi connectivity index (χ3v) is 4.42. The highest BCUT2D eigenvalue weighted by Gasteiger charge is 2.29. The largest absolute Gasteiger partial charge is 0.480 e. The maximum Gasteiger partial charge on any atom is 0.287 e. The number of fused-ring (bicyclic) bond motifs is 1. The van der Waals surface area contributed by atoms with Gasteiger partial charge in [-0.15, -0.1) is 0 Å². The lowest BCUT2D eigenvalue weighted by Gasteiger charge is -2.11. The molecule has 1 aromatic heterocycles. The zero-order valence-corrected chi connectivity index (χ0v) is 14.8. The zero-order chi connectivity index (χ0) is 18.8. The number of carbonyl (C=O) groups excluding carboxylic acids is 2. The number of hydrazine groups is 1. The van der Waals surface area contributed by atoms with E-state index in [-0.39, 0.29) is 5.69 Å². The number of nitrogens with one attached hydrogen (secondary N) is 3. The van der Waals surface area contributed by atoms with Gasteiger partial charge in [-0.1, -0.05) is 41.9 Å². The SMILES string of the molecule is O=C(NNC(=O)C1Cc2cc(Cl)ccc2O1)c1cc(-c2ccccc2)n[nH]1. The topological polar surface area (TPSA) is 96.1 Å². The first kappa shape index (κ1) is 17.1. The second-order valence-electron chi connectivity index (χ2n) is 6.04. The average Bonchev–Trinajstić information content (AvgIpc) is 3.33. The summed E-state index contributed by atoms with van der Waals surface area (Å²) in [5, 5.41) is 7.35. The van der Waals surface area contributed by atoms with E-state index < -0.39 is 17.9 Å². The summed E-state index contributed by atoms with van der Waals surface area (Å²) in [4.78, 5) is 24.5. The van der Waals surface area contributed by atoms with Crippen LogP contribution in [0.5, 0.6) is 5.75 Å². The van der Waals surface area contributed by atoms with E-state index in [1.54, 1.807) is 24.3 Å². The van der Waals surface area contributed by atoms with Crippen molar-refractivity contribution >= 4 is 23.4 Å². The Balaban J connectivity index is 1.35. The standard InChI is InChI=1S/C19H15ClN4O3/c20-13-6-7-16-12(8-13)9-17(27-16)19(26)24-23-18(25)15-10-14(21-22-15)11-4-2-1-3-5-11/h1-8,10,17H,9H2,(H,21,22)(H,23,25)(H,24,26). The molecule has 4 rings (SSSR count). The van der Waals surface area contributed by atoms with Crippen LogP contribution in [0.2, 0.25) is 5.02 Å². The summed E-state index contributed by atoms with van der Waals surface area (Å²) in [5.74, 6) is -0.331. The summed E-state index contributed by atoms with van der Waals surface area (Å²) < 4.78 is 5.58. The summed E-state index contributed by atoms with van der Waals surface area (Å²) >= 11 is 5.94. The van der Waals surface area contributed by atoms with E-state index in [2.05, 4.69) is 21.0 Å². The highest BCUT2D eigenvalue weighted by atomic mass is 35.5. The lowest BCUT2D eigenvalue weighted by molar-refractivity contribution is -0.128. The Morgan fingerprint density at radius 1 is 1.11 bits per heavy atom. The fourth-order valence-electron chi connectivity index (χ4n) is 2.82. The van der Waals surface area contributed by atoms with E-state index in [1.807, 2.05) is 30.3 Å². The number of aromatic amines is 1. The summed E-state index contributed by atoms with van der Waals surface area (Å²) in [6.45, 7) is 0. The van der Waals surface area contributed by atoms with Crippen molar-refractivity contribution in [3.8, 4) is 17.0 Å². The number of rotatable bonds is 3. The molecule has 1 unspecified atom stereocenters. The Labute approximate surface area is 159 Å². The first-order valence-corrected chi connectivity index (χ1v) is 8.64. The molecule has 0 saturated heterocycles. The number of carbonyl (C=O) groups is 2. The third kappa shape index (κ3) is 3.63. The van der Waals surface area contributed by atoms with Crippen molar-refractivity contribution < 1.29 is 14.3 Å². The van der Waals surface area contributed by atoms with Gasteiger partial charge in [0.05, 0.1) is 5.69 Å². The van der Waals surface area contributed by atoms with Crippen LogP contribution in [0, 0.1) is 0 Å². The third-order valence-electron chi connectivity index (χ3n) is 4.18. The average molecular weight is 383 g/mol. The van der Waals surface area contributed by atoms with Crippen LogP contribution in [0.25, 0.3) is 11.3 Å². The molecule has 7 nitrogen and oxygen atoms in total. The molecule has 2 aromatic carbocycles. The van der Waals surface area contributed by atoms with Gasteiger partial charge < -0.3 is 4.74 Å². The van der Waals surface area contributed by atoms with Gasteiger partial charge in [-0.3, -0.25) is 25.5 Å². The van der Waals surface area contributed by atoms with E-state index >= 15 is 0 Å². The number of nitrogens with zero attached hydrogens (tertiary/aromatic N) is 1. The molecule has 0 aliphatic carbocycles. The van der Waals surface area contributed by atoms with Gasteiger partial charge in [-0.05, 0) is 29.8 Å². The van der Waals surface area contributed by atoms with Crippen LogP contribution in [0.1, 0.15) is 16.1 Å². The second-order valence-corrected chi connectivity index (χ2v) is 6.48. The Morgan fingerprint density at radius 3 is 2.74 bits per heavy atom. The summed E-state index contributed by atoms with van der Waals surface area (Å²) in [5.41, 5.74) is 7.35. The van der Waals surface area contributed by atoms with Gasteiger partial charge in [0.2, 0.25) is 0 Å². The molecular weight excluding hydrogens is 368 g/mol. The molecule has 27 heavy (non-hydrogen) atoms. The number of H-pyrrole nitrogens is 1. The van der Waals surface area contributed by atoms with E-state index in [0.29, 0.717) is 22.9 Å². The molecule has 0 fully saturated rings. The normalized spacial score (nSPS) is 14.9. The van der Waals surface area contributed by atoms with Gasteiger partial charge >= 0.3 is 0 Å². The second kappa shape index (κ2) is 7.13. The molecule has 1 atom stereocenters. The molecule has 0 bridgehead atoms. The van der Waals surface area contributed by atoms with Crippen molar-refractivity contribution in [1.29, 1.82) is 0 Å². The molecule has 2 amide bonds. The summed E-state index contributed by atoms with van der Waals surface area (Å²) in [6.07, 6.45) is -0.333. The molecule has 8 heteroatoms. The van der Waals surface area contributed by atoms with E-state index in [9.17, 15) is 9.59 Å². The number of aromatic nitrogens is 2. The van der Waals surface area contributed by atoms with Crippen LogP contribution in [0.3, 0.4) is 0 Å². The number of hydrogen-bond donors (Lipinski definition) is 3. The maximum absolute atomic E-state index is 12.3. The number of amides is 2. The van der Waals surface area contributed by atoms with Crippen LogP contribution in [0.4, 0.5) is 0 Å². The molecule has 3 N–H and O–H groups in total. The number of ether oxygens (including phenoxy) is 1. The zero-order valence-electron chi connectivity index (χ0n) is 14.0. The highest BCUT2D eigenvalue weighted by molar-refractivity contribution is 6.30. The van der Waals surface area contributed by atoms with Crippen molar-refractivity contribution in [2.45, 2.75) is 12.5 Å². The van der Waals surface area contributed by atoms with E-state index in [4.69, 9.17) is 16.3 Å². The van der Waals surface area contributed by atoms with E-state index in [1.165, 1.54) is 0 Å². The van der Waals surface area contributed by atoms with Crippen molar-refractivity contribution in [3.63, 3.8) is 0 Å². The minimum absolute atomic E-state index is 0.233. The quantitative estimate of drug-likeness (QED) is 0.606. The molecule has 0 spiro atoms. The van der Waals surface area contributed by atoms with Crippen LogP contribution in [0.15, 0.2) is 54.6 Å². The predicted molar refractivity (Wildman–Crippen MR) is 99.2 cm³/mol. The van der Waals surface area contributed by atoms with Crippen LogP contribution in [-0.2, 0) is 11.2 Å². The van der Waals surface area contributed by atoms with Gasteiger partial charge in [-0.25, -0.2) is 0 Å². The lowest BCUT2D eigenvalue weighted by atomic mass is 10.1. The summed E-state index contributed by atoms with van der Waals surface area (Å²) in [7, 11) is 0. The van der Waals surface area contributed by atoms with Gasteiger partial charge in [0.15, 0.2) is 6.10 Å². The predicted octanol–water partition coefficient (Wildman–Crippen LogP) is 2.49. The fraction of sp³-hybridized carbons (Fsp3) is 0.105. The minimum Gasteiger partial charge on any atom is -0.480 e. The maximum atomic E-state index is 12.3. The summed E-state index contributed by atoms with van der Waals surface area (Å²) in [6, 6.07) is 16.2. The Morgan fingerprint density at radius 2 is 1.93 bits per heavy atom.